The molecular formula is C17H25NO3. The van der Waals surface area contributed by atoms with E-state index in [2.05, 4.69) is 4.90 Å². The Kier molecular flexibility index (Phi) is 4.88. The number of hydrogen-bond donors (Lipinski definition) is 0. The van der Waals surface area contributed by atoms with E-state index in [1.54, 1.807) is 32.4 Å². The van der Waals surface area contributed by atoms with Crippen LogP contribution in [0, 0.1) is 0 Å². The van der Waals surface area contributed by atoms with Crippen LogP contribution in [-0.4, -0.2) is 43.5 Å². The number of carbonyl (C=O) groups is 1. The van der Waals surface area contributed by atoms with Gasteiger partial charge in [0.05, 0.1) is 19.8 Å². The largest absolute Gasteiger partial charge is 0.497 e. The summed E-state index contributed by atoms with van der Waals surface area (Å²) in [5, 5.41) is 0. The topological polar surface area (TPSA) is 38.8 Å². The molecular weight excluding hydrogens is 266 g/mol. The highest BCUT2D eigenvalue weighted by Crippen LogP contribution is 2.29. The summed E-state index contributed by atoms with van der Waals surface area (Å²) in [6, 6.07) is 5.36. The van der Waals surface area contributed by atoms with Gasteiger partial charge in [0.2, 0.25) is 0 Å². The summed E-state index contributed by atoms with van der Waals surface area (Å²) in [7, 11) is 3.19. The first-order chi connectivity index (χ1) is 9.98. The molecule has 0 amide bonds. The van der Waals surface area contributed by atoms with Crippen molar-refractivity contribution in [2.45, 2.75) is 38.6 Å². The van der Waals surface area contributed by atoms with Gasteiger partial charge in [-0.15, -0.1) is 0 Å². The van der Waals surface area contributed by atoms with Crippen LogP contribution >= 0.6 is 0 Å². The quantitative estimate of drug-likeness (QED) is 0.781. The smallest absolute Gasteiger partial charge is 0.182 e. The number of rotatable bonds is 5. The molecule has 1 aromatic rings. The number of likely N-dealkylation sites (tertiary alicyclic amines) is 1. The van der Waals surface area contributed by atoms with Gasteiger partial charge in [0.1, 0.15) is 11.5 Å². The molecule has 0 unspecified atom stereocenters. The molecule has 21 heavy (non-hydrogen) atoms. The zero-order valence-corrected chi connectivity index (χ0v) is 13.4. The lowest BCUT2D eigenvalue weighted by Gasteiger charge is -2.39. The number of benzene rings is 1. The first-order valence-corrected chi connectivity index (χ1v) is 7.52. The zero-order valence-electron chi connectivity index (χ0n) is 13.4. The highest BCUT2D eigenvalue weighted by molar-refractivity contribution is 6.03. The Morgan fingerprint density at radius 2 is 1.52 bits per heavy atom. The molecule has 1 aliphatic heterocycles. The molecule has 0 aliphatic carbocycles. The van der Waals surface area contributed by atoms with Gasteiger partial charge in [-0.3, -0.25) is 9.69 Å². The summed E-state index contributed by atoms with van der Waals surface area (Å²) in [4.78, 5) is 15.2. The molecule has 1 aromatic carbocycles. The van der Waals surface area contributed by atoms with Crippen LogP contribution in [0.1, 0.15) is 43.5 Å². The van der Waals surface area contributed by atoms with Crippen molar-refractivity contribution in [1.82, 2.24) is 4.90 Å². The highest BCUT2D eigenvalue weighted by Gasteiger charge is 2.36. The Hall–Kier alpha value is -1.55. The summed E-state index contributed by atoms with van der Waals surface area (Å²) in [6.45, 7) is 5.99. The van der Waals surface area contributed by atoms with E-state index < -0.39 is 5.54 Å². The second-order valence-electron chi connectivity index (χ2n) is 6.04. The summed E-state index contributed by atoms with van der Waals surface area (Å²) < 4.78 is 10.5. The van der Waals surface area contributed by atoms with Gasteiger partial charge in [-0.05, 0) is 51.9 Å². The average molecular weight is 291 g/mol. The zero-order chi connectivity index (χ0) is 15.5. The monoisotopic (exact) mass is 291 g/mol. The Morgan fingerprint density at radius 1 is 1.00 bits per heavy atom. The number of hydrogen-bond acceptors (Lipinski definition) is 4. The second-order valence-corrected chi connectivity index (χ2v) is 6.04. The number of piperidine rings is 1. The fourth-order valence-corrected chi connectivity index (χ4v) is 2.89. The van der Waals surface area contributed by atoms with E-state index in [1.165, 1.54) is 6.42 Å². The van der Waals surface area contributed by atoms with Gasteiger partial charge < -0.3 is 9.47 Å². The number of Topliss-reactive ketones (excluding diaryl/α,β-unsaturated/α-hetero) is 1. The van der Waals surface area contributed by atoms with Crippen molar-refractivity contribution < 1.29 is 14.3 Å². The molecule has 0 radical (unpaired) electrons. The molecule has 1 aliphatic rings. The van der Waals surface area contributed by atoms with E-state index in [0.29, 0.717) is 17.1 Å². The third-order valence-corrected chi connectivity index (χ3v) is 4.32. The molecule has 4 heteroatoms. The van der Waals surface area contributed by atoms with Crippen molar-refractivity contribution in [2.24, 2.45) is 0 Å². The maximum atomic E-state index is 12.9. The minimum Gasteiger partial charge on any atom is -0.497 e. The SMILES string of the molecule is COc1cc(OC)cc(C(=O)C(C)(C)N2CCCCC2)c1. The van der Waals surface area contributed by atoms with Gasteiger partial charge >= 0.3 is 0 Å². The van der Waals surface area contributed by atoms with E-state index in [1.807, 2.05) is 13.8 Å². The predicted octanol–water partition coefficient (Wildman–Crippen LogP) is 3.15. The first-order valence-electron chi connectivity index (χ1n) is 7.52. The molecule has 4 nitrogen and oxygen atoms in total. The van der Waals surface area contributed by atoms with Crippen LogP contribution in [0.3, 0.4) is 0 Å². The molecule has 116 valence electrons. The van der Waals surface area contributed by atoms with Gasteiger partial charge in [0, 0.05) is 11.6 Å². The van der Waals surface area contributed by atoms with Gasteiger partial charge in [0.15, 0.2) is 5.78 Å². The van der Waals surface area contributed by atoms with Crippen LogP contribution in [0.4, 0.5) is 0 Å². The number of nitrogens with zero attached hydrogens (tertiary/aromatic N) is 1. The van der Waals surface area contributed by atoms with Crippen LogP contribution in [0.2, 0.25) is 0 Å². The average Bonchev–Trinajstić information content (AvgIpc) is 2.54. The molecule has 0 aromatic heterocycles. The van der Waals surface area contributed by atoms with Crippen LogP contribution < -0.4 is 9.47 Å². The molecule has 0 N–H and O–H groups in total. The summed E-state index contributed by atoms with van der Waals surface area (Å²) in [5.74, 6) is 1.40. The van der Waals surface area contributed by atoms with Crippen molar-refractivity contribution >= 4 is 5.78 Å². The molecule has 2 rings (SSSR count). The standard InChI is InChI=1S/C17H25NO3/c1-17(2,18-8-6-5-7-9-18)16(19)13-10-14(20-3)12-15(11-13)21-4/h10-12H,5-9H2,1-4H3. The van der Waals surface area contributed by atoms with Gasteiger partial charge in [-0.1, -0.05) is 6.42 Å². The van der Waals surface area contributed by atoms with E-state index in [-0.39, 0.29) is 5.78 Å². The number of carbonyl (C=O) groups excluding carboxylic acids is 1. The van der Waals surface area contributed by atoms with Crippen molar-refractivity contribution in [3.05, 3.63) is 23.8 Å². The first kappa shape index (κ1) is 15.8. The Labute approximate surface area is 127 Å². The molecule has 0 atom stereocenters. The lowest BCUT2D eigenvalue weighted by Crippen LogP contribution is -2.52. The maximum Gasteiger partial charge on any atom is 0.182 e. The minimum absolute atomic E-state index is 0.113. The van der Waals surface area contributed by atoms with E-state index in [4.69, 9.17) is 9.47 Å². The fourth-order valence-electron chi connectivity index (χ4n) is 2.89. The number of methoxy groups -OCH3 is 2. The number of ether oxygens (including phenoxy) is 2. The summed E-state index contributed by atoms with van der Waals surface area (Å²) in [6.07, 6.45) is 3.59. The Balaban J connectivity index is 2.29. The van der Waals surface area contributed by atoms with Gasteiger partial charge in [0.25, 0.3) is 0 Å². The predicted molar refractivity (Wildman–Crippen MR) is 83.4 cm³/mol. The molecule has 0 saturated carbocycles. The minimum atomic E-state index is -0.502. The van der Waals surface area contributed by atoms with Gasteiger partial charge in [-0.2, -0.15) is 0 Å². The van der Waals surface area contributed by atoms with E-state index in [9.17, 15) is 4.79 Å². The highest BCUT2D eigenvalue weighted by atomic mass is 16.5. The van der Waals surface area contributed by atoms with Crippen LogP contribution in [-0.2, 0) is 0 Å². The number of ketones is 1. The normalized spacial score (nSPS) is 16.6. The van der Waals surface area contributed by atoms with Gasteiger partial charge in [-0.25, -0.2) is 0 Å². The van der Waals surface area contributed by atoms with E-state index in [0.717, 1.165) is 25.9 Å². The Bertz CT molecular complexity index is 483. The molecule has 1 fully saturated rings. The Morgan fingerprint density at radius 3 is 2.00 bits per heavy atom. The summed E-state index contributed by atoms with van der Waals surface area (Å²) in [5.41, 5.74) is 0.138. The van der Waals surface area contributed by atoms with Crippen molar-refractivity contribution in [1.29, 1.82) is 0 Å². The molecule has 1 saturated heterocycles. The third-order valence-electron chi connectivity index (χ3n) is 4.32. The lowest BCUT2D eigenvalue weighted by molar-refractivity contribution is 0.0578. The van der Waals surface area contributed by atoms with Crippen LogP contribution in [0.25, 0.3) is 0 Å². The fraction of sp³-hybridized carbons (Fsp3) is 0.588. The molecule has 0 bridgehead atoms. The third kappa shape index (κ3) is 3.38. The second kappa shape index (κ2) is 6.48. The maximum absolute atomic E-state index is 12.9. The van der Waals surface area contributed by atoms with Crippen LogP contribution in [0.15, 0.2) is 18.2 Å². The van der Waals surface area contributed by atoms with Crippen LogP contribution in [0.5, 0.6) is 11.5 Å². The van der Waals surface area contributed by atoms with Crippen molar-refractivity contribution in [3.8, 4) is 11.5 Å². The van der Waals surface area contributed by atoms with Crippen molar-refractivity contribution in [2.75, 3.05) is 27.3 Å². The lowest BCUT2D eigenvalue weighted by atomic mass is 9.89. The summed E-state index contributed by atoms with van der Waals surface area (Å²) >= 11 is 0. The molecule has 0 spiro atoms. The van der Waals surface area contributed by atoms with E-state index >= 15 is 0 Å². The van der Waals surface area contributed by atoms with Crippen molar-refractivity contribution in [3.63, 3.8) is 0 Å². The molecule has 1 heterocycles.